The summed E-state index contributed by atoms with van der Waals surface area (Å²) in [4.78, 5) is 14.6. The average Bonchev–Trinajstić information content (AvgIpc) is 1.96. The van der Waals surface area contributed by atoms with Gasteiger partial charge in [-0.15, -0.1) is 0 Å². The van der Waals surface area contributed by atoms with Gasteiger partial charge in [-0.1, -0.05) is 23.2 Å². The van der Waals surface area contributed by atoms with Gasteiger partial charge >= 0.3 is 0 Å². The van der Waals surface area contributed by atoms with Crippen molar-refractivity contribution in [3.63, 3.8) is 0 Å². The third-order valence-corrected chi connectivity index (χ3v) is 1.67. The molecule has 0 saturated carbocycles. The van der Waals surface area contributed by atoms with Crippen LogP contribution in [0, 0.1) is 0 Å². The summed E-state index contributed by atoms with van der Waals surface area (Å²) in [7, 11) is 0. The van der Waals surface area contributed by atoms with Gasteiger partial charge in [-0.25, -0.2) is 4.98 Å². The van der Waals surface area contributed by atoms with Crippen LogP contribution in [0.4, 0.5) is 0 Å². The summed E-state index contributed by atoms with van der Waals surface area (Å²) >= 11 is 11.0. The van der Waals surface area contributed by atoms with Gasteiger partial charge in [0, 0.05) is 31.3 Å². The van der Waals surface area contributed by atoms with Gasteiger partial charge < -0.3 is 4.57 Å². The largest absolute Gasteiger partial charge is 0.310 e. The second-order valence-electron chi connectivity index (χ2n) is 1.95. The number of aryl methyl sites for hydroxylation is 1. The van der Waals surface area contributed by atoms with Crippen molar-refractivity contribution >= 4 is 23.2 Å². The van der Waals surface area contributed by atoms with Gasteiger partial charge in [-0.05, 0) is 6.92 Å². The molecule has 1 radical (unpaired) electrons. The normalized spacial score (nSPS) is 9.25. The quantitative estimate of drug-likeness (QED) is 0.751. The van der Waals surface area contributed by atoms with Crippen molar-refractivity contribution in [2.75, 3.05) is 0 Å². The molecule has 0 aliphatic rings. The van der Waals surface area contributed by atoms with Crippen LogP contribution in [0.3, 0.4) is 0 Å². The van der Waals surface area contributed by atoms with Gasteiger partial charge in [0.05, 0.1) is 0 Å². The van der Waals surface area contributed by atoms with Gasteiger partial charge in [-0.3, -0.25) is 4.79 Å². The van der Waals surface area contributed by atoms with E-state index in [1.807, 2.05) is 6.92 Å². The molecule has 0 atom stereocenters. The summed E-state index contributed by atoms with van der Waals surface area (Å²) in [5.74, 6) is 0. The molecule has 0 bridgehead atoms. The fourth-order valence-electron chi connectivity index (χ4n) is 0.711. The van der Waals surface area contributed by atoms with Crippen molar-refractivity contribution < 1.29 is 18.6 Å². The SMILES string of the molecule is CCn1cc(Cl)nc(Cl)c1=O.[V]. The smallest absolute Gasteiger partial charge is 0.288 e. The Balaban J connectivity index is 0.00000121. The van der Waals surface area contributed by atoms with Gasteiger partial charge in [0.15, 0.2) is 5.15 Å². The molecule has 6 heteroatoms. The van der Waals surface area contributed by atoms with E-state index in [9.17, 15) is 4.79 Å². The number of rotatable bonds is 1. The van der Waals surface area contributed by atoms with Crippen LogP contribution in [0.15, 0.2) is 11.0 Å². The molecule has 0 aliphatic heterocycles. The Bertz CT molecular complexity index is 326. The maximum absolute atomic E-state index is 11.1. The van der Waals surface area contributed by atoms with Gasteiger partial charge in [0.2, 0.25) is 0 Å². The Morgan fingerprint density at radius 3 is 2.67 bits per heavy atom. The summed E-state index contributed by atoms with van der Waals surface area (Å²) < 4.78 is 1.40. The molecule has 1 aromatic rings. The fraction of sp³-hybridized carbons (Fsp3) is 0.333. The standard InChI is InChI=1S/C6H6Cl2N2O.V/c1-2-10-3-4(7)9-5(8)6(10)11;/h3H,2H2,1H3;. The first-order chi connectivity index (χ1) is 5.15. The minimum atomic E-state index is -0.307. The first kappa shape index (κ1) is 12.0. The van der Waals surface area contributed by atoms with Crippen molar-refractivity contribution in [3.8, 4) is 0 Å². The van der Waals surface area contributed by atoms with E-state index in [0.717, 1.165) is 0 Å². The van der Waals surface area contributed by atoms with Crippen LogP contribution in [0.25, 0.3) is 0 Å². The number of nitrogens with zero attached hydrogens (tertiary/aromatic N) is 2. The van der Waals surface area contributed by atoms with E-state index in [-0.39, 0.29) is 34.4 Å². The second kappa shape index (κ2) is 4.92. The maximum Gasteiger partial charge on any atom is 0.288 e. The van der Waals surface area contributed by atoms with E-state index in [0.29, 0.717) is 6.54 Å². The number of aromatic nitrogens is 2. The van der Waals surface area contributed by atoms with Crippen molar-refractivity contribution in [3.05, 3.63) is 26.9 Å². The summed E-state index contributed by atoms with van der Waals surface area (Å²) in [6.07, 6.45) is 1.45. The Kier molecular flexibility index (Phi) is 4.94. The Morgan fingerprint density at radius 2 is 2.17 bits per heavy atom. The summed E-state index contributed by atoms with van der Waals surface area (Å²) in [6, 6.07) is 0. The van der Waals surface area contributed by atoms with E-state index < -0.39 is 0 Å². The predicted octanol–water partition coefficient (Wildman–Crippen LogP) is 1.57. The third-order valence-electron chi connectivity index (χ3n) is 1.25. The minimum Gasteiger partial charge on any atom is -0.310 e. The van der Waals surface area contributed by atoms with E-state index in [4.69, 9.17) is 23.2 Å². The first-order valence-corrected chi connectivity index (χ1v) is 3.83. The molecule has 0 amide bonds. The van der Waals surface area contributed by atoms with Crippen molar-refractivity contribution in [2.45, 2.75) is 13.5 Å². The molecule has 12 heavy (non-hydrogen) atoms. The van der Waals surface area contributed by atoms with E-state index in [1.165, 1.54) is 10.8 Å². The summed E-state index contributed by atoms with van der Waals surface area (Å²) in [5, 5.41) is 0.149. The van der Waals surface area contributed by atoms with Gasteiger partial charge in [0.25, 0.3) is 5.56 Å². The van der Waals surface area contributed by atoms with E-state index in [2.05, 4.69) is 4.98 Å². The van der Waals surface area contributed by atoms with Crippen LogP contribution < -0.4 is 5.56 Å². The van der Waals surface area contributed by atoms with Crippen LogP contribution in [0.2, 0.25) is 10.3 Å². The number of hydrogen-bond donors (Lipinski definition) is 0. The molecule has 1 rings (SSSR count). The molecular weight excluding hydrogens is 238 g/mol. The third kappa shape index (κ3) is 2.52. The summed E-state index contributed by atoms with van der Waals surface area (Å²) in [6.45, 7) is 2.37. The zero-order chi connectivity index (χ0) is 8.43. The van der Waals surface area contributed by atoms with Crippen LogP contribution in [-0.4, -0.2) is 9.55 Å². The molecule has 3 nitrogen and oxygen atoms in total. The number of halogens is 2. The minimum absolute atomic E-state index is 0. The monoisotopic (exact) mass is 243 g/mol. The molecular formula is C6H6Cl2N2OV. The molecule has 0 fully saturated rings. The molecule has 0 spiro atoms. The fourth-order valence-corrected chi connectivity index (χ4v) is 1.16. The number of hydrogen-bond acceptors (Lipinski definition) is 2. The first-order valence-electron chi connectivity index (χ1n) is 3.07. The molecule has 0 unspecified atom stereocenters. The molecule has 0 saturated heterocycles. The van der Waals surface area contributed by atoms with E-state index >= 15 is 0 Å². The average molecular weight is 244 g/mol. The van der Waals surface area contributed by atoms with Crippen LogP contribution >= 0.6 is 23.2 Å². The molecule has 0 aliphatic carbocycles. The van der Waals surface area contributed by atoms with Gasteiger partial charge in [0.1, 0.15) is 5.15 Å². The van der Waals surface area contributed by atoms with Crippen molar-refractivity contribution in [2.24, 2.45) is 0 Å². The van der Waals surface area contributed by atoms with Crippen molar-refractivity contribution in [1.29, 1.82) is 0 Å². The molecule has 65 valence electrons. The zero-order valence-electron chi connectivity index (χ0n) is 6.29. The second-order valence-corrected chi connectivity index (χ2v) is 2.69. The zero-order valence-corrected chi connectivity index (χ0v) is 9.20. The van der Waals surface area contributed by atoms with Crippen LogP contribution in [0.5, 0.6) is 0 Å². The molecule has 0 aromatic carbocycles. The van der Waals surface area contributed by atoms with E-state index in [1.54, 1.807) is 0 Å². The van der Waals surface area contributed by atoms with Crippen molar-refractivity contribution in [1.82, 2.24) is 9.55 Å². The van der Waals surface area contributed by atoms with Crippen LogP contribution in [0.1, 0.15) is 6.92 Å². The van der Waals surface area contributed by atoms with Gasteiger partial charge in [-0.2, -0.15) is 0 Å². The Hall–Kier alpha value is 0.0444. The predicted molar refractivity (Wildman–Crippen MR) is 44.2 cm³/mol. The van der Waals surface area contributed by atoms with Crippen LogP contribution in [-0.2, 0) is 25.1 Å². The topological polar surface area (TPSA) is 34.9 Å². The molecule has 1 aromatic heterocycles. The Morgan fingerprint density at radius 1 is 1.58 bits per heavy atom. The summed E-state index contributed by atoms with van der Waals surface area (Å²) in [5.41, 5.74) is -0.307. The molecule has 0 N–H and O–H groups in total. The Labute approximate surface area is 91.6 Å². The maximum atomic E-state index is 11.1. The molecule has 1 heterocycles.